The van der Waals surface area contributed by atoms with Crippen molar-refractivity contribution in [3.63, 3.8) is 0 Å². The van der Waals surface area contributed by atoms with E-state index in [1.807, 2.05) is 12.3 Å². The van der Waals surface area contributed by atoms with Gasteiger partial charge < -0.3 is 10.2 Å². The number of aromatic nitrogens is 1. The van der Waals surface area contributed by atoms with Gasteiger partial charge in [0.15, 0.2) is 0 Å². The zero-order chi connectivity index (χ0) is 16.8. The number of rotatable bonds is 3. The lowest BCUT2D eigenvalue weighted by Crippen LogP contribution is -2.26. The second kappa shape index (κ2) is 5.87. The van der Waals surface area contributed by atoms with Gasteiger partial charge in [-0.25, -0.2) is 0 Å². The predicted molar refractivity (Wildman–Crippen MR) is 101 cm³/mol. The fourth-order valence-electron chi connectivity index (χ4n) is 4.79. The topological polar surface area (TPSA) is 45.2 Å². The summed E-state index contributed by atoms with van der Waals surface area (Å²) in [6.07, 6.45) is 11.0. The van der Waals surface area contributed by atoms with E-state index in [-0.39, 0.29) is 11.8 Å². The fraction of sp³-hybridized carbons (Fsp3) is 0.429. The minimum atomic E-state index is 0.125. The molecule has 2 aromatic rings. The Kier molecular flexibility index (Phi) is 3.51. The van der Waals surface area contributed by atoms with Gasteiger partial charge in [-0.15, -0.1) is 0 Å². The average molecular weight is 333 g/mol. The smallest absolute Gasteiger partial charge is 0.228 e. The molecule has 3 aliphatic rings. The maximum Gasteiger partial charge on any atom is 0.228 e. The molecule has 2 bridgehead atoms. The Morgan fingerprint density at radius 2 is 2.00 bits per heavy atom. The molecule has 0 unspecified atom stereocenters. The SMILES string of the molecule is O=C(Nc1ccc(N2CCCC2)c2ncccc12)[C@H]1C[C@@H]2C=C[C@H]1C2. The first kappa shape index (κ1) is 14.9. The summed E-state index contributed by atoms with van der Waals surface area (Å²) in [5.74, 6) is 1.32. The van der Waals surface area contributed by atoms with Crippen LogP contribution in [0.2, 0.25) is 0 Å². The first-order chi connectivity index (χ1) is 12.3. The van der Waals surface area contributed by atoms with Crippen molar-refractivity contribution in [1.82, 2.24) is 4.98 Å². The van der Waals surface area contributed by atoms with Crippen LogP contribution in [-0.2, 0) is 4.79 Å². The second-order valence-electron chi connectivity index (χ2n) is 7.60. The van der Waals surface area contributed by atoms with Gasteiger partial charge in [0.1, 0.15) is 0 Å². The van der Waals surface area contributed by atoms with Crippen molar-refractivity contribution >= 4 is 28.2 Å². The van der Waals surface area contributed by atoms with Crippen LogP contribution >= 0.6 is 0 Å². The lowest BCUT2D eigenvalue weighted by molar-refractivity contribution is -0.120. The molecule has 1 aromatic carbocycles. The summed E-state index contributed by atoms with van der Waals surface area (Å²) in [5.41, 5.74) is 3.08. The molecule has 4 nitrogen and oxygen atoms in total. The molecule has 5 rings (SSSR count). The van der Waals surface area contributed by atoms with E-state index in [0.717, 1.165) is 42.5 Å². The molecule has 128 valence electrons. The van der Waals surface area contributed by atoms with Crippen molar-refractivity contribution in [3.05, 3.63) is 42.6 Å². The zero-order valence-electron chi connectivity index (χ0n) is 14.3. The molecule has 0 radical (unpaired) electrons. The number of pyridine rings is 1. The highest BCUT2D eigenvalue weighted by atomic mass is 16.1. The van der Waals surface area contributed by atoms with Crippen molar-refractivity contribution in [3.8, 4) is 0 Å². The molecule has 25 heavy (non-hydrogen) atoms. The van der Waals surface area contributed by atoms with Crippen LogP contribution in [0.5, 0.6) is 0 Å². The molecule has 2 fully saturated rings. The monoisotopic (exact) mass is 333 g/mol. The summed E-state index contributed by atoms with van der Waals surface area (Å²) < 4.78 is 0. The predicted octanol–water partition coefficient (Wildman–Crippen LogP) is 3.99. The van der Waals surface area contributed by atoms with Gasteiger partial charge in [0, 0.05) is 30.6 Å². The number of hydrogen-bond donors (Lipinski definition) is 1. The molecular weight excluding hydrogens is 310 g/mol. The number of fused-ring (bicyclic) bond motifs is 3. The van der Waals surface area contributed by atoms with E-state index in [1.54, 1.807) is 0 Å². The van der Waals surface area contributed by atoms with E-state index in [4.69, 9.17) is 0 Å². The number of carbonyl (C=O) groups is 1. The van der Waals surface area contributed by atoms with Crippen molar-refractivity contribution in [2.45, 2.75) is 25.7 Å². The zero-order valence-corrected chi connectivity index (χ0v) is 14.3. The van der Waals surface area contributed by atoms with Gasteiger partial charge in [0.05, 0.1) is 16.9 Å². The minimum Gasteiger partial charge on any atom is -0.370 e. The summed E-state index contributed by atoms with van der Waals surface area (Å²) >= 11 is 0. The molecule has 2 heterocycles. The van der Waals surface area contributed by atoms with Gasteiger partial charge in [0.25, 0.3) is 0 Å². The van der Waals surface area contributed by atoms with Crippen LogP contribution < -0.4 is 10.2 Å². The molecule has 1 aliphatic heterocycles. The van der Waals surface area contributed by atoms with Crippen molar-refractivity contribution in [2.24, 2.45) is 17.8 Å². The number of carbonyl (C=O) groups excluding carboxylic acids is 1. The first-order valence-electron chi connectivity index (χ1n) is 9.41. The number of benzene rings is 1. The molecule has 3 atom stereocenters. The van der Waals surface area contributed by atoms with E-state index in [0.29, 0.717) is 11.8 Å². The van der Waals surface area contributed by atoms with E-state index >= 15 is 0 Å². The molecule has 1 N–H and O–H groups in total. The maximum absolute atomic E-state index is 12.8. The van der Waals surface area contributed by atoms with Crippen LogP contribution in [0.3, 0.4) is 0 Å². The molecule has 0 spiro atoms. The lowest BCUT2D eigenvalue weighted by Gasteiger charge is -2.22. The van der Waals surface area contributed by atoms with E-state index in [1.165, 1.54) is 18.5 Å². The van der Waals surface area contributed by atoms with Crippen LogP contribution in [0.25, 0.3) is 10.9 Å². The Morgan fingerprint density at radius 3 is 2.76 bits per heavy atom. The highest BCUT2D eigenvalue weighted by Gasteiger charge is 2.39. The van der Waals surface area contributed by atoms with Crippen LogP contribution in [-0.4, -0.2) is 24.0 Å². The number of nitrogens with one attached hydrogen (secondary N) is 1. The number of hydrogen-bond acceptors (Lipinski definition) is 3. The minimum absolute atomic E-state index is 0.125. The van der Waals surface area contributed by atoms with Gasteiger partial charge in [-0.3, -0.25) is 9.78 Å². The summed E-state index contributed by atoms with van der Waals surface area (Å²) in [6.45, 7) is 2.18. The number of anilines is 2. The maximum atomic E-state index is 12.8. The Bertz CT molecular complexity index is 853. The first-order valence-corrected chi connectivity index (χ1v) is 9.41. The second-order valence-corrected chi connectivity index (χ2v) is 7.60. The van der Waals surface area contributed by atoms with E-state index < -0.39 is 0 Å². The Morgan fingerprint density at radius 1 is 1.12 bits per heavy atom. The van der Waals surface area contributed by atoms with Crippen LogP contribution in [0.1, 0.15) is 25.7 Å². The van der Waals surface area contributed by atoms with Gasteiger partial charge in [-0.05, 0) is 61.8 Å². The fourth-order valence-corrected chi connectivity index (χ4v) is 4.79. The third-order valence-corrected chi connectivity index (χ3v) is 6.07. The molecule has 1 amide bonds. The van der Waals surface area contributed by atoms with Crippen molar-refractivity contribution in [2.75, 3.05) is 23.3 Å². The van der Waals surface area contributed by atoms with Gasteiger partial charge in [0.2, 0.25) is 5.91 Å². The van der Waals surface area contributed by atoms with Crippen molar-refractivity contribution in [1.29, 1.82) is 0 Å². The third kappa shape index (κ3) is 2.51. The van der Waals surface area contributed by atoms with Gasteiger partial charge in [-0.1, -0.05) is 12.2 Å². The molecule has 2 aliphatic carbocycles. The van der Waals surface area contributed by atoms with Crippen LogP contribution in [0.4, 0.5) is 11.4 Å². The summed E-state index contributed by atoms with van der Waals surface area (Å²) in [5, 5.41) is 4.24. The molecule has 1 aromatic heterocycles. The van der Waals surface area contributed by atoms with E-state index in [9.17, 15) is 4.79 Å². The Hall–Kier alpha value is -2.36. The number of allylic oxidation sites excluding steroid dienone is 2. The Balaban J connectivity index is 1.46. The largest absolute Gasteiger partial charge is 0.370 e. The third-order valence-electron chi connectivity index (χ3n) is 6.07. The number of amides is 1. The van der Waals surface area contributed by atoms with Crippen LogP contribution in [0.15, 0.2) is 42.6 Å². The van der Waals surface area contributed by atoms with Gasteiger partial charge >= 0.3 is 0 Å². The Labute approximate surface area is 147 Å². The lowest BCUT2D eigenvalue weighted by atomic mass is 9.92. The summed E-state index contributed by atoms with van der Waals surface area (Å²) in [6, 6.07) is 8.19. The molecular formula is C21H23N3O. The highest BCUT2D eigenvalue weighted by Crippen LogP contribution is 2.44. The summed E-state index contributed by atoms with van der Waals surface area (Å²) in [4.78, 5) is 19.8. The van der Waals surface area contributed by atoms with E-state index in [2.05, 4.69) is 45.6 Å². The van der Waals surface area contributed by atoms with Crippen molar-refractivity contribution < 1.29 is 4.79 Å². The standard InChI is InChI=1S/C21H23N3O/c25-21(17-13-14-5-6-15(17)12-14)23-18-7-8-19(24-10-1-2-11-24)20-16(18)4-3-9-22-20/h3-9,14-15,17H,1-2,10-13H2,(H,23,25)/t14-,15+,17+/m1/s1. The molecule has 1 saturated carbocycles. The van der Waals surface area contributed by atoms with Crippen LogP contribution in [0, 0.1) is 17.8 Å². The normalized spacial score (nSPS) is 27.4. The highest BCUT2D eigenvalue weighted by molar-refractivity contribution is 6.05. The van der Waals surface area contributed by atoms with Gasteiger partial charge in [-0.2, -0.15) is 0 Å². The molecule has 1 saturated heterocycles. The summed E-state index contributed by atoms with van der Waals surface area (Å²) in [7, 11) is 0. The number of nitrogens with zero attached hydrogens (tertiary/aromatic N) is 2. The quantitative estimate of drug-likeness (QED) is 0.864. The average Bonchev–Trinajstić information content (AvgIpc) is 3.40. The molecule has 4 heteroatoms.